The maximum atomic E-state index is 6.09. The highest BCUT2D eigenvalue weighted by atomic mass is 35.5. The summed E-state index contributed by atoms with van der Waals surface area (Å²) in [5, 5.41) is 7.89. The maximum Gasteiger partial charge on any atom is 0.0831 e. The molecule has 1 heterocycles. The van der Waals surface area contributed by atoms with Crippen molar-refractivity contribution < 1.29 is 0 Å². The summed E-state index contributed by atoms with van der Waals surface area (Å²) in [5.74, 6) is 0. The Morgan fingerprint density at radius 2 is 1.62 bits per heavy atom. The molecule has 0 aliphatic carbocycles. The molecule has 1 aliphatic rings. The van der Waals surface area contributed by atoms with E-state index in [1.54, 1.807) is 0 Å². The fourth-order valence-electron chi connectivity index (χ4n) is 3.37. The van der Waals surface area contributed by atoms with Gasteiger partial charge in [-0.25, -0.2) is 0 Å². The minimum atomic E-state index is 0.172. The van der Waals surface area contributed by atoms with Gasteiger partial charge in [0.15, 0.2) is 0 Å². The van der Waals surface area contributed by atoms with E-state index in [1.807, 2.05) is 18.2 Å². The van der Waals surface area contributed by atoms with Crippen LogP contribution in [-0.4, -0.2) is 5.71 Å². The Hall–Kier alpha value is -2.58. The standard InChI is InChI=1S/C23H21ClN2/c1-16-8-9-19(14-17(16)2)22-15-23(18-10-12-20(24)13-11-18)26(25-22)21-6-4-3-5-7-21/h3-14,23H,15H2,1-2H3. The fourth-order valence-corrected chi connectivity index (χ4v) is 3.50. The van der Waals surface area contributed by atoms with Crippen LogP contribution < -0.4 is 5.01 Å². The predicted octanol–water partition coefficient (Wildman–Crippen LogP) is 6.31. The van der Waals surface area contributed by atoms with Gasteiger partial charge in [0.2, 0.25) is 0 Å². The van der Waals surface area contributed by atoms with E-state index >= 15 is 0 Å². The van der Waals surface area contributed by atoms with Crippen LogP contribution >= 0.6 is 11.6 Å². The van der Waals surface area contributed by atoms with Crippen LogP contribution in [-0.2, 0) is 0 Å². The van der Waals surface area contributed by atoms with Crippen molar-refractivity contribution in [2.45, 2.75) is 26.3 Å². The number of anilines is 1. The number of nitrogens with zero attached hydrogens (tertiary/aromatic N) is 2. The first-order chi connectivity index (χ1) is 12.6. The molecule has 0 bridgehead atoms. The number of hydrogen-bond acceptors (Lipinski definition) is 2. The number of rotatable bonds is 3. The lowest BCUT2D eigenvalue weighted by Gasteiger charge is -2.24. The highest BCUT2D eigenvalue weighted by Crippen LogP contribution is 2.37. The largest absolute Gasteiger partial charge is 0.257 e. The molecule has 26 heavy (non-hydrogen) atoms. The molecule has 2 nitrogen and oxygen atoms in total. The first kappa shape index (κ1) is 16.9. The van der Waals surface area contributed by atoms with E-state index in [0.717, 1.165) is 22.8 Å². The Kier molecular flexibility index (Phi) is 4.52. The van der Waals surface area contributed by atoms with E-state index in [0.29, 0.717) is 0 Å². The van der Waals surface area contributed by atoms with Crippen molar-refractivity contribution >= 4 is 23.0 Å². The van der Waals surface area contributed by atoms with Gasteiger partial charge in [-0.1, -0.05) is 54.1 Å². The number of hydrogen-bond donors (Lipinski definition) is 0. The van der Waals surface area contributed by atoms with E-state index < -0.39 is 0 Å². The average molecular weight is 361 g/mol. The Balaban J connectivity index is 1.75. The zero-order valence-corrected chi connectivity index (χ0v) is 15.7. The molecule has 0 spiro atoms. The van der Waals surface area contributed by atoms with Crippen molar-refractivity contribution in [2.24, 2.45) is 5.10 Å². The number of halogens is 1. The SMILES string of the molecule is Cc1ccc(C2=NN(c3ccccc3)C(c3ccc(Cl)cc3)C2)cc1C. The van der Waals surface area contributed by atoms with E-state index in [9.17, 15) is 0 Å². The molecule has 1 atom stereocenters. The van der Waals surface area contributed by atoms with E-state index in [-0.39, 0.29) is 6.04 Å². The summed E-state index contributed by atoms with van der Waals surface area (Å²) in [6.45, 7) is 4.29. The summed E-state index contributed by atoms with van der Waals surface area (Å²) in [5.41, 5.74) is 7.25. The second-order valence-corrected chi connectivity index (χ2v) is 7.23. The molecular weight excluding hydrogens is 340 g/mol. The summed E-state index contributed by atoms with van der Waals surface area (Å²) < 4.78 is 0. The van der Waals surface area contributed by atoms with E-state index in [1.165, 1.54) is 22.3 Å². The van der Waals surface area contributed by atoms with Crippen molar-refractivity contribution in [1.29, 1.82) is 0 Å². The van der Waals surface area contributed by atoms with Gasteiger partial charge in [0.25, 0.3) is 0 Å². The molecule has 0 amide bonds. The quantitative estimate of drug-likeness (QED) is 0.534. The molecule has 4 rings (SSSR count). The van der Waals surface area contributed by atoms with Crippen LogP contribution in [0.4, 0.5) is 5.69 Å². The normalized spacial score (nSPS) is 16.7. The lowest BCUT2D eigenvalue weighted by atomic mass is 9.96. The van der Waals surface area contributed by atoms with Gasteiger partial charge in [0, 0.05) is 11.4 Å². The summed E-state index contributed by atoms with van der Waals surface area (Å²) >= 11 is 6.09. The summed E-state index contributed by atoms with van der Waals surface area (Å²) in [6, 6.07) is 25.2. The summed E-state index contributed by atoms with van der Waals surface area (Å²) in [4.78, 5) is 0. The molecule has 0 radical (unpaired) electrons. The first-order valence-electron chi connectivity index (χ1n) is 8.86. The fraction of sp³-hybridized carbons (Fsp3) is 0.174. The predicted molar refractivity (Wildman–Crippen MR) is 110 cm³/mol. The van der Waals surface area contributed by atoms with Crippen LogP contribution in [0.1, 0.15) is 34.7 Å². The van der Waals surface area contributed by atoms with Gasteiger partial charge in [0.1, 0.15) is 0 Å². The van der Waals surface area contributed by atoms with Gasteiger partial charge in [-0.2, -0.15) is 5.10 Å². The molecule has 0 aromatic heterocycles. The lowest BCUT2D eigenvalue weighted by molar-refractivity contribution is 0.709. The van der Waals surface area contributed by atoms with Crippen molar-refractivity contribution in [2.75, 3.05) is 5.01 Å². The molecular formula is C23H21ClN2. The number of para-hydroxylation sites is 1. The summed E-state index contributed by atoms with van der Waals surface area (Å²) in [7, 11) is 0. The Morgan fingerprint density at radius 3 is 2.31 bits per heavy atom. The topological polar surface area (TPSA) is 15.6 Å². The van der Waals surface area contributed by atoms with Crippen LogP contribution in [0.2, 0.25) is 5.02 Å². The van der Waals surface area contributed by atoms with Crippen molar-refractivity contribution in [3.05, 3.63) is 100 Å². The zero-order chi connectivity index (χ0) is 18.1. The van der Waals surface area contributed by atoms with Gasteiger partial charge in [-0.3, -0.25) is 5.01 Å². The Labute approximate surface area is 159 Å². The second kappa shape index (κ2) is 6.97. The smallest absolute Gasteiger partial charge is 0.0831 e. The highest BCUT2D eigenvalue weighted by molar-refractivity contribution is 6.30. The highest BCUT2D eigenvalue weighted by Gasteiger charge is 2.29. The van der Waals surface area contributed by atoms with Crippen LogP contribution in [0.25, 0.3) is 0 Å². The Bertz CT molecular complexity index is 946. The van der Waals surface area contributed by atoms with Crippen LogP contribution in [0, 0.1) is 13.8 Å². The second-order valence-electron chi connectivity index (χ2n) is 6.80. The molecule has 0 fully saturated rings. The third-order valence-corrected chi connectivity index (χ3v) is 5.28. The maximum absolute atomic E-state index is 6.09. The molecule has 3 aromatic carbocycles. The van der Waals surface area contributed by atoms with Gasteiger partial charge >= 0.3 is 0 Å². The van der Waals surface area contributed by atoms with E-state index in [4.69, 9.17) is 16.7 Å². The van der Waals surface area contributed by atoms with Crippen molar-refractivity contribution in [1.82, 2.24) is 0 Å². The molecule has 130 valence electrons. The number of benzene rings is 3. The lowest BCUT2D eigenvalue weighted by Crippen LogP contribution is -2.18. The van der Waals surface area contributed by atoms with Gasteiger partial charge in [0.05, 0.1) is 17.4 Å². The zero-order valence-electron chi connectivity index (χ0n) is 15.0. The number of aryl methyl sites for hydroxylation is 2. The molecule has 1 aliphatic heterocycles. The molecule has 3 heteroatoms. The first-order valence-corrected chi connectivity index (χ1v) is 9.24. The van der Waals surface area contributed by atoms with Crippen molar-refractivity contribution in [3.8, 4) is 0 Å². The van der Waals surface area contributed by atoms with Gasteiger partial charge in [-0.05, 0) is 66.4 Å². The van der Waals surface area contributed by atoms with Gasteiger partial charge < -0.3 is 0 Å². The monoisotopic (exact) mass is 360 g/mol. The average Bonchev–Trinajstić information content (AvgIpc) is 3.11. The molecule has 3 aromatic rings. The molecule has 1 unspecified atom stereocenters. The van der Waals surface area contributed by atoms with Crippen LogP contribution in [0.3, 0.4) is 0 Å². The van der Waals surface area contributed by atoms with Crippen LogP contribution in [0.5, 0.6) is 0 Å². The van der Waals surface area contributed by atoms with Gasteiger partial charge in [-0.15, -0.1) is 0 Å². The molecule has 0 saturated heterocycles. The summed E-state index contributed by atoms with van der Waals surface area (Å²) in [6.07, 6.45) is 0.874. The minimum absolute atomic E-state index is 0.172. The Morgan fingerprint density at radius 1 is 0.885 bits per heavy atom. The van der Waals surface area contributed by atoms with Crippen LogP contribution in [0.15, 0.2) is 77.9 Å². The molecule has 0 saturated carbocycles. The van der Waals surface area contributed by atoms with E-state index in [2.05, 4.69) is 73.5 Å². The number of hydrazone groups is 1. The third-order valence-electron chi connectivity index (χ3n) is 5.03. The van der Waals surface area contributed by atoms with Crippen molar-refractivity contribution in [3.63, 3.8) is 0 Å². The minimum Gasteiger partial charge on any atom is -0.257 e. The molecule has 0 N–H and O–H groups in total. The third kappa shape index (κ3) is 3.25.